The predicted molar refractivity (Wildman–Crippen MR) is 89.7 cm³/mol. The molecule has 0 aromatic carbocycles. The monoisotopic (exact) mass is 290 g/mol. The molecule has 0 aliphatic carbocycles. The number of rotatable bonds is 5. The van der Waals surface area contributed by atoms with E-state index in [1.54, 1.807) is 0 Å². The van der Waals surface area contributed by atoms with Crippen molar-refractivity contribution in [1.29, 1.82) is 0 Å². The van der Waals surface area contributed by atoms with Gasteiger partial charge in [0.2, 0.25) is 0 Å². The van der Waals surface area contributed by atoms with E-state index in [-0.39, 0.29) is 0 Å². The summed E-state index contributed by atoms with van der Waals surface area (Å²) in [5.41, 5.74) is 1.32. The van der Waals surface area contributed by atoms with Crippen LogP contribution in [0.1, 0.15) is 33.3 Å². The number of likely N-dealkylation sites (N-methyl/N-ethyl adjacent to an activating group) is 1. The molecule has 0 amide bonds. The predicted octanol–water partition coefficient (Wildman–Crippen LogP) is 2.36. The van der Waals surface area contributed by atoms with Gasteiger partial charge in [-0.05, 0) is 51.1 Å². The summed E-state index contributed by atoms with van der Waals surface area (Å²) in [5, 5.41) is 3.50. The number of piperazine rings is 1. The van der Waals surface area contributed by atoms with E-state index in [2.05, 4.69) is 67.0 Å². The highest BCUT2D eigenvalue weighted by molar-refractivity contribution is 5.42. The van der Waals surface area contributed by atoms with Gasteiger partial charge in [-0.1, -0.05) is 13.8 Å². The molecule has 118 valence electrons. The molecule has 0 radical (unpaired) electrons. The average molecular weight is 290 g/mol. The Kier molecular flexibility index (Phi) is 5.59. The standard InChI is InChI=1S/C17H30N4/c1-13(2)9-18-10-16-6-7-19-17(8-16)21-11-14(3)20(5)15(4)12-21/h6-8,13-15,18H,9-12H2,1-5H3. The molecule has 1 aromatic rings. The van der Waals surface area contributed by atoms with Crippen molar-refractivity contribution < 1.29 is 0 Å². The molecule has 1 aliphatic rings. The van der Waals surface area contributed by atoms with E-state index in [4.69, 9.17) is 0 Å². The Morgan fingerprint density at radius 2 is 1.95 bits per heavy atom. The van der Waals surface area contributed by atoms with Crippen molar-refractivity contribution in [3.63, 3.8) is 0 Å². The molecule has 4 heteroatoms. The Balaban J connectivity index is 2.00. The minimum Gasteiger partial charge on any atom is -0.353 e. The second kappa shape index (κ2) is 7.23. The number of hydrogen-bond acceptors (Lipinski definition) is 4. The Bertz CT molecular complexity index is 434. The zero-order valence-electron chi connectivity index (χ0n) is 14.1. The lowest BCUT2D eigenvalue weighted by Crippen LogP contribution is -2.55. The maximum absolute atomic E-state index is 4.58. The van der Waals surface area contributed by atoms with Crippen LogP contribution in [0.25, 0.3) is 0 Å². The Morgan fingerprint density at radius 3 is 2.57 bits per heavy atom. The first-order chi connectivity index (χ1) is 9.97. The van der Waals surface area contributed by atoms with Gasteiger partial charge in [0.25, 0.3) is 0 Å². The van der Waals surface area contributed by atoms with E-state index in [9.17, 15) is 0 Å². The Hall–Kier alpha value is -1.13. The third-order valence-electron chi connectivity index (χ3n) is 4.38. The zero-order chi connectivity index (χ0) is 15.4. The molecule has 0 spiro atoms. The fraction of sp³-hybridized carbons (Fsp3) is 0.706. The lowest BCUT2D eigenvalue weighted by Gasteiger charge is -2.43. The molecule has 4 nitrogen and oxygen atoms in total. The van der Waals surface area contributed by atoms with E-state index in [1.807, 2.05) is 6.20 Å². The number of anilines is 1. The fourth-order valence-corrected chi connectivity index (χ4v) is 2.84. The van der Waals surface area contributed by atoms with Crippen LogP contribution in [-0.4, -0.2) is 48.6 Å². The van der Waals surface area contributed by atoms with Gasteiger partial charge in [0, 0.05) is 37.9 Å². The van der Waals surface area contributed by atoms with Crippen molar-refractivity contribution in [1.82, 2.24) is 15.2 Å². The lowest BCUT2D eigenvalue weighted by molar-refractivity contribution is 0.169. The molecule has 0 saturated carbocycles. The molecular weight excluding hydrogens is 260 g/mol. The Morgan fingerprint density at radius 1 is 1.29 bits per heavy atom. The van der Waals surface area contributed by atoms with Gasteiger partial charge in [0.1, 0.15) is 5.82 Å². The van der Waals surface area contributed by atoms with Gasteiger partial charge in [-0.2, -0.15) is 0 Å². The summed E-state index contributed by atoms with van der Waals surface area (Å²) in [4.78, 5) is 9.45. The molecule has 1 aliphatic heterocycles. The van der Waals surface area contributed by atoms with Crippen LogP contribution in [0.4, 0.5) is 5.82 Å². The minimum atomic E-state index is 0.568. The number of hydrogen-bond donors (Lipinski definition) is 1. The van der Waals surface area contributed by atoms with Crippen LogP contribution in [0.15, 0.2) is 18.3 Å². The quantitative estimate of drug-likeness (QED) is 0.902. The molecule has 1 N–H and O–H groups in total. The molecule has 2 atom stereocenters. The molecule has 2 heterocycles. The van der Waals surface area contributed by atoms with Crippen LogP contribution in [-0.2, 0) is 6.54 Å². The number of aromatic nitrogens is 1. The largest absolute Gasteiger partial charge is 0.353 e. The topological polar surface area (TPSA) is 31.4 Å². The summed E-state index contributed by atoms with van der Waals surface area (Å²) >= 11 is 0. The van der Waals surface area contributed by atoms with Gasteiger partial charge in [0.15, 0.2) is 0 Å². The summed E-state index contributed by atoms with van der Waals surface area (Å²) in [6, 6.07) is 5.48. The second-order valence-corrected chi connectivity index (χ2v) is 6.82. The maximum Gasteiger partial charge on any atom is 0.128 e. The third-order valence-corrected chi connectivity index (χ3v) is 4.38. The summed E-state index contributed by atoms with van der Waals surface area (Å²) in [6.45, 7) is 13.1. The van der Waals surface area contributed by atoms with E-state index >= 15 is 0 Å². The lowest BCUT2D eigenvalue weighted by atomic mass is 10.1. The first-order valence-electron chi connectivity index (χ1n) is 8.10. The van der Waals surface area contributed by atoms with Gasteiger partial charge in [-0.15, -0.1) is 0 Å². The van der Waals surface area contributed by atoms with Gasteiger partial charge >= 0.3 is 0 Å². The van der Waals surface area contributed by atoms with Crippen molar-refractivity contribution in [2.24, 2.45) is 5.92 Å². The number of nitrogens with one attached hydrogen (secondary N) is 1. The van der Waals surface area contributed by atoms with Gasteiger partial charge in [-0.3, -0.25) is 4.90 Å². The van der Waals surface area contributed by atoms with Crippen molar-refractivity contribution in [2.45, 2.75) is 46.3 Å². The SMILES string of the molecule is CC(C)CNCc1ccnc(N2CC(C)N(C)C(C)C2)c1. The maximum atomic E-state index is 4.58. The van der Waals surface area contributed by atoms with Crippen LogP contribution in [0, 0.1) is 5.92 Å². The van der Waals surface area contributed by atoms with Crippen molar-refractivity contribution in [3.8, 4) is 0 Å². The Labute approximate surface area is 129 Å². The van der Waals surface area contributed by atoms with Gasteiger partial charge in [0.05, 0.1) is 0 Å². The first-order valence-corrected chi connectivity index (χ1v) is 8.10. The molecule has 0 bridgehead atoms. The van der Waals surface area contributed by atoms with Gasteiger partial charge < -0.3 is 10.2 Å². The molecule has 1 aromatic heterocycles. The van der Waals surface area contributed by atoms with E-state index in [0.717, 1.165) is 32.0 Å². The third kappa shape index (κ3) is 4.42. The summed E-state index contributed by atoms with van der Waals surface area (Å²) in [7, 11) is 2.21. The summed E-state index contributed by atoms with van der Waals surface area (Å²) in [5.74, 6) is 1.80. The normalized spacial score (nSPS) is 23.8. The molecule has 1 fully saturated rings. The van der Waals surface area contributed by atoms with Crippen LogP contribution < -0.4 is 10.2 Å². The molecular formula is C17H30N4. The highest BCUT2D eigenvalue weighted by atomic mass is 15.3. The average Bonchev–Trinajstić information content (AvgIpc) is 2.44. The second-order valence-electron chi connectivity index (χ2n) is 6.82. The van der Waals surface area contributed by atoms with Crippen molar-refractivity contribution in [3.05, 3.63) is 23.9 Å². The van der Waals surface area contributed by atoms with Crippen LogP contribution in [0.5, 0.6) is 0 Å². The highest BCUT2D eigenvalue weighted by Gasteiger charge is 2.27. The van der Waals surface area contributed by atoms with Gasteiger partial charge in [-0.25, -0.2) is 4.98 Å². The minimum absolute atomic E-state index is 0.568. The van der Waals surface area contributed by atoms with Crippen molar-refractivity contribution in [2.75, 3.05) is 31.6 Å². The zero-order valence-corrected chi connectivity index (χ0v) is 14.1. The molecule has 1 saturated heterocycles. The molecule has 21 heavy (non-hydrogen) atoms. The smallest absolute Gasteiger partial charge is 0.128 e. The summed E-state index contributed by atoms with van der Waals surface area (Å²) < 4.78 is 0. The molecule has 2 rings (SSSR count). The first kappa shape index (κ1) is 16.2. The molecule has 2 unspecified atom stereocenters. The van der Waals surface area contributed by atoms with E-state index in [0.29, 0.717) is 18.0 Å². The number of pyridine rings is 1. The van der Waals surface area contributed by atoms with E-state index < -0.39 is 0 Å². The van der Waals surface area contributed by atoms with Crippen LogP contribution >= 0.6 is 0 Å². The fourth-order valence-electron chi connectivity index (χ4n) is 2.84. The van der Waals surface area contributed by atoms with Crippen LogP contribution in [0.2, 0.25) is 0 Å². The van der Waals surface area contributed by atoms with Crippen LogP contribution in [0.3, 0.4) is 0 Å². The summed E-state index contributed by atoms with van der Waals surface area (Å²) in [6.07, 6.45) is 1.94. The highest BCUT2D eigenvalue weighted by Crippen LogP contribution is 2.20. The number of nitrogens with zero attached hydrogens (tertiary/aromatic N) is 3. The van der Waals surface area contributed by atoms with Crippen molar-refractivity contribution >= 4 is 5.82 Å². The van der Waals surface area contributed by atoms with E-state index in [1.165, 1.54) is 5.56 Å².